The number of hydrogen-bond acceptors (Lipinski definition) is 4. The van der Waals surface area contributed by atoms with Gasteiger partial charge < -0.3 is 14.8 Å². The SMILES string of the molecule is CCOc1cc(/C=C2/NC(=S)N(Cc3ccccc3Cl)C2=O)ccc1OC(F)F. The van der Waals surface area contributed by atoms with Gasteiger partial charge in [0.25, 0.3) is 5.91 Å². The van der Waals surface area contributed by atoms with Crippen LogP contribution >= 0.6 is 23.8 Å². The first-order valence-corrected chi connectivity index (χ1v) is 9.47. The number of hydrogen-bond donors (Lipinski definition) is 1. The molecule has 0 atom stereocenters. The van der Waals surface area contributed by atoms with Gasteiger partial charge >= 0.3 is 6.61 Å². The van der Waals surface area contributed by atoms with Gasteiger partial charge in [0.2, 0.25) is 0 Å². The fourth-order valence-corrected chi connectivity index (χ4v) is 3.21. The van der Waals surface area contributed by atoms with Crippen LogP contribution in [0.25, 0.3) is 6.08 Å². The summed E-state index contributed by atoms with van der Waals surface area (Å²) in [5.74, 6) is -0.241. The van der Waals surface area contributed by atoms with Crippen molar-refractivity contribution in [2.24, 2.45) is 0 Å². The van der Waals surface area contributed by atoms with Crippen molar-refractivity contribution in [1.82, 2.24) is 10.2 Å². The van der Waals surface area contributed by atoms with Crippen LogP contribution in [-0.4, -0.2) is 29.1 Å². The minimum Gasteiger partial charge on any atom is -0.490 e. The fourth-order valence-electron chi connectivity index (χ4n) is 2.75. The van der Waals surface area contributed by atoms with E-state index in [1.54, 1.807) is 31.2 Å². The van der Waals surface area contributed by atoms with Gasteiger partial charge in [-0.1, -0.05) is 35.9 Å². The van der Waals surface area contributed by atoms with Crippen LogP contribution in [0.15, 0.2) is 48.2 Å². The highest BCUT2D eigenvalue weighted by Crippen LogP contribution is 2.31. The lowest BCUT2D eigenvalue weighted by atomic mass is 10.1. The van der Waals surface area contributed by atoms with Crippen molar-refractivity contribution in [1.29, 1.82) is 0 Å². The minimum atomic E-state index is -2.97. The van der Waals surface area contributed by atoms with E-state index in [9.17, 15) is 13.6 Å². The highest BCUT2D eigenvalue weighted by atomic mass is 35.5. The van der Waals surface area contributed by atoms with Crippen LogP contribution in [0.5, 0.6) is 11.5 Å². The smallest absolute Gasteiger partial charge is 0.387 e. The van der Waals surface area contributed by atoms with Gasteiger partial charge in [0.1, 0.15) is 5.70 Å². The molecule has 1 N–H and O–H groups in total. The number of amides is 1. The topological polar surface area (TPSA) is 50.8 Å². The van der Waals surface area contributed by atoms with E-state index in [1.807, 2.05) is 12.1 Å². The average molecular weight is 439 g/mol. The largest absolute Gasteiger partial charge is 0.490 e. The van der Waals surface area contributed by atoms with E-state index in [0.29, 0.717) is 10.6 Å². The summed E-state index contributed by atoms with van der Waals surface area (Å²) in [5.41, 5.74) is 1.58. The van der Waals surface area contributed by atoms with Gasteiger partial charge in [-0.25, -0.2) is 0 Å². The van der Waals surface area contributed by atoms with Crippen LogP contribution in [0.2, 0.25) is 5.02 Å². The van der Waals surface area contributed by atoms with Crippen LogP contribution in [0.4, 0.5) is 8.78 Å². The number of alkyl halides is 2. The molecular formula is C20H17ClF2N2O3S. The van der Waals surface area contributed by atoms with E-state index in [0.717, 1.165) is 5.56 Å². The van der Waals surface area contributed by atoms with Crippen LogP contribution < -0.4 is 14.8 Å². The Balaban J connectivity index is 1.83. The molecule has 1 saturated heterocycles. The molecule has 0 bridgehead atoms. The molecule has 0 aromatic heterocycles. The second kappa shape index (κ2) is 9.19. The number of halogens is 3. The van der Waals surface area contributed by atoms with Crippen molar-refractivity contribution in [2.75, 3.05) is 6.61 Å². The highest BCUT2D eigenvalue weighted by molar-refractivity contribution is 7.80. The number of thiocarbonyl (C=S) groups is 1. The van der Waals surface area contributed by atoms with Crippen LogP contribution in [-0.2, 0) is 11.3 Å². The lowest BCUT2D eigenvalue weighted by Gasteiger charge is -2.14. The Morgan fingerprint density at radius 2 is 2.00 bits per heavy atom. The monoisotopic (exact) mass is 438 g/mol. The lowest BCUT2D eigenvalue weighted by Crippen LogP contribution is -2.30. The second-order valence-electron chi connectivity index (χ2n) is 5.99. The molecule has 1 aliphatic rings. The third kappa shape index (κ3) is 5.02. The zero-order valence-corrected chi connectivity index (χ0v) is 16.9. The van der Waals surface area contributed by atoms with Crippen molar-refractivity contribution >= 4 is 40.9 Å². The number of benzene rings is 2. The molecule has 3 rings (SSSR count). The van der Waals surface area contributed by atoms with Gasteiger partial charge in [-0.15, -0.1) is 0 Å². The van der Waals surface area contributed by atoms with Gasteiger partial charge in [0, 0.05) is 5.02 Å². The maximum absolute atomic E-state index is 12.8. The van der Waals surface area contributed by atoms with E-state index in [-0.39, 0.29) is 41.4 Å². The molecule has 0 radical (unpaired) electrons. The molecule has 0 unspecified atom stereocenters. The van der Waals surface area contributed by atoms with E-state index < -0.39 is 6.61 Å². The zero-order chi connectivity index (χ0) is 21.0. The standard InChI is InChI=1S/C20H17ClF2N2O3S/c1-2-27-17-10-12(7-8-16(17)28-19(22)23)9-15-18(26)25(20(29)24-15)11-13-5-3-4-6-14(13)21/h3-10,19H,2,11H2,1H3,(H,24,29)/b15-9+. The van der Waals surface area contributed by atoms with E-state index >= 15 is 0 Å². The molecule has 0 aliphatic carbocycles. The predicted octanol–water partition coefficient (Wildman–Crippen LogP) is 4.60. The summed E-state index contributed by atoms with van der Waals surface area (Å²) < 4.78 is 34.9. The molecule has 1 heterocycles. The molecule has 152 valence electrons. The number of rotatable bonds is 7. The van der Waals surface area contributed by atoms with Crippen LogP contribution in [0.3, 0.4) is 0 Å². The molecule has 29 heavy (non-hydrogen) atoms. The number of ether oxygens (including phenoxy) is 2. The Morgan fingerprint density at radius 3 is 2.69 bits per heavy atom. The Labute approximate surface area is 176 Å². The Morgan fingerprint density at radius 1 is 1.24 bits per heavy atom. The first-order chi connectivity index (χ1) is 13.9. The number of nitrogens with one attached hydrogen (secondary N) is 1. The molecule has 1 amide bonds. The van der Waals surface area contributed by atoms with Crippen molar-refractivity contribution in [3.8, 4) is 11.5 Å². The molecule has 2 aromatic carbocycles. The van der Waals surface area contributed by atoms with Crippen molar-refractivity contribution in [2.45, 2.75) is 20.1 Å². The highest BCUT2D eigenvalue weighted by Gasteiger charge is 2.31. The van der Waals surface area contributed by atoms with E-state index in [1.165, 1.54) is 17.0 Å². The van der Waals surface area contributed by atoms with E-state index in [2.05, 4.69) is 10.1 Å². The normalized spacial score (nSPS) is 15.2. The van der Waals surface area contributed by atoms with E-state index in [4.69, 9.17) is 28.6 Å². The maximum atomic E-state index is 12.8. The maximum Gasteiger partial charge on any atom is 0.387 e. The third-order valence-corrected chi connectivity index (χ3v) is 4.73. The summed E-state index contributed by atoms with van der Waals surface area (Å²) in [6.07, 6.45) is 1.57. The predicted molar refractivity (Wildman–Crippen MR) is 110 cm³/mol. The lowest BCUT2D eigenvalue weighted by molar-refractivity contribution is -0.122. The zero-order valence-electron chi connectivity index (χ0n) is 15.3. The molecular weight excluding hydrogens is 422 g/mol. The van der Waals surface area contributed by atoms with Gasteiger partial charge in [-0.05, 0) is 54.5 Å². The molecule has 2 aromatic rings. The second-order valence-corrected chi connectivity index (χ2v) is 6.78. The van der Waals surface area contributed by atoms with Crippen molar-refractivity contribution < 1.29 is 23.0 Å². The summed E-state index contributed by atoms with van der Waals surface area (Å²) >= 11 is 11.4. The van der Waals surface area contributed by atoms with Gasteiger partial charge in [-0.3, -0.25) is 9.69 Å². The molecule has 0 spiro atoms. The van der Waals surface area contributed by atoms with Crippen molar-refractivity contribution in [3.63, 3.8) is 0 Å². The van der Waals surface area contributed by atoms with Gasteiger partial charge in [0.05, 0.1) is 13.2 Å². The summed E-state index contributed by atoms with van der Waals surface area (Å²) in [7, 11) is 0. The summed E-state index contributed by atoms with van der Waals surface area (Å²) in [6.45, 7) is -0.739. The molecule has 5 nitrogen and oxygen atoms in total. The van der Waals surface area contributed by atoms with Crippen molar-refractivity contribution in [3.05, 3.63) is 64.3 Å². The Kier molecular flexibility index (Phi) is 6.66. The average Bonchev–Trinajstić information content (AvgIpc) is 2.93. The Bertz CT molecular complexity index is 968. The molecule has 1 fully saturated rings. The third-order valence-electron chi connectivity index (χ3n) is 4.04. The first kappa shape index (κ1) is 21.0. The first-order valence-electron chi connectivity index (χ1n) is 8.68. The molecule has 1 aliphatic heterocycles. The quantitative estimate of drug-likeness (QED) is 0.506. The number of carbonyl (C=O) groups is 1. The van der Waals surface area contributed by atoms with Crippen LogP contribution in [0, 0.1) is 0 Å². The number of nitrogens with zero attached hydrogens (tertiary/aromatic N) is 1. The number of carbonyl (C=O) groups excluding carboxylic acids is 1. The summed E-state index contributed by atoms with van der Waals surface area (Å²) in [5, 5.41) is 3.67. The summed E-state index contributed by atoms with van der Waals surface area (Å²) in [6, 6.07) is 11.6. The fraction of sp³-hybridized carbons (Fsp3) is 0.200. The van der Waals surface area contributed by atoms with Gasteiger partial charge in [0.15, 0.2) is 16.6 Å². The molecule has 9 heteroatoms. The summed E-state index contributed by atoms with van der Waals surface area (Å²) in [4.78, 5) is 14.2. The van der Waals surface area contributed by atoms with Crippen LogP contribution in [0.1, 0.15) is 18.1 Å². The van der Waals surface area contributed by atoms with Gasteiger partial charge in [-0.2, -0.15) is 8.78 Å². The Hall–Kier alpha value is -2.71. The molecule has 0 saturated carbocycles. The minimum absolute atomic E-state index is 0.0782.